The van der Waals surface area contributed by atoms with Crippen LogP contribution in [-0.4, -0.2) is 21.9 Å². The Hall–Kier alpha value is -0.710. The van der Waals surface area contributed by atoms with Gasteiger partial charge in [-0.3, -0.25) is 4.52 Å². The lowest BCUT2D eigenvalue weighted by Gasteiger charge is -2.24. The molecule has 1 aromatic rings. The summed E-state index contributed by atoms with van der Waals surface area (Å²) in [5.41, 5.74) is 8.34. The molecule has 1 aromatic carbocycles. The Labute approximate surface area is 177 Å². The molecule has 0 amide bonds. The first-order chi connectivity index (χ1) is 13.3. The number of hydrogen-bond acceptors (Lipinski definition) is 3. The van der Waals surface area contributed by atoms with Crippen LogP contribution in [0.15, 0.2) is 24.3 Å². The van der Waals surface area contributed by atoms with Gasteiger partial charge in [-0.15, -0.1) is 0 Å². The fraction of sp³-hybridized carbons (Fsp3) is 0.739. The summed E-state index contributed by atoms with van der Waals surface area (Å²) in [4.78, 5) is 17.8. The lowest BCUT2D eigenvalue weighted by Crippen LogP contribution is -2.41. The second kappa shape index (κ2) is 12.9. The molecule has 0 aliphatic heterocycles. The molecule has 0 saturated heterocycles. The van der Waals surface area contributed by atoms with Crippen LogP contribution < -0.4 is 5.73 Å². The number of hydrogen-bond donors (Lipinski definition) is 3. The van der Waals surface area contributed by atoms with E-state index >= 15 is 0 Å². The number of rotatable bonds is 13. The summed E-state index contributed by atoms with van der Waals surface area (Å²) < 4.78 is 15.6. The quantitative estimate of drug-likeness (QED) is 0.262. The van der Waals surface area contributed by atoms with Gasteiger partial charge in [-0.25, -0.2) is 4.57 Å². The van der Waals surface area contributed by atoms with Crippen LogP contribution in [0.25, 0.3) is 0 Å². The zero-order valence-electron chi connectivity index (χ0n) is 17.3. The van der Waals surface area contributed by atoms with E-state index in [4.69, 9.17) is 15.5 Å². The first kappa shape index (κ1) is 26.3. The van der Waals surface area contributed by atoms with Crippen molar-refractivity contribution in [3.05, 3.63) is 35.4 Å². The third-order valence-electron chi connectivity index (χ3n) is 5.91. The van der Waals surface area contributed by atoms with Crippen molar-refractivity contribution in [3.8, 4) is 0 Å². The standard InChI is InChI=1S/C22H38NO4P.CH4/c1-2-3-4-5-6-7-8-9-11-19-12-10-13-20(16-19)21-14-15-22(23,17-21)18-27-28(24,25)26;/h10,12-13,16,21H,2-9,11,14-15,17-18,23H2,1H3,(H2,24,25,26);1H4/t21-,22+;/m0./s1. The zero-order chi connectivity index (χ0) is 20.5. The van der Waals surface area contributed by atoms with Crippen molar-refractivity contribution in [2.24, 2.45) is 5.73 Å². The van der Waals surface area contributed by atoms with Crippen LogP contribution in [-0.2, 0) is 15.5 Å². The Balaban J connectivity index is 0.00000420. The van der Waals surface area contributed by atoms with Crippen molar-refractivity contribution < 1.29 is 18.9 Å². The SMILES string of the molecule is C.CCCCCCCCCCc1cccc([C@H]2CC[C@](N)(COP(=O)(O)O)C2)c1. The monoisotopic (exact) mass is 427 g/mol. The summed E-state index contributed by atoms with van der Waals surface area (Å²) in [5, 5.41) is 0. The smallest absolute Gasteiger partial charge is 0.323 e. The van der Waals surface area contributed by atoms with Gasteiger partial charge in [0.1, 0.15) is 0 Å². The summed E-state index contributed by atoms with van der Waals surface area (Å²) in [6.07, 6.45) is 14.1. The van der Waals surface area contributed by atoms with E-state index in [-0.39, 0.29) is 14.0 Å². The average molecular weight is 428 g/mol. The van der Waals surface area contributed by atoms with E-state index in [9.17, 15) is 4.57 Å². The van der Waals surface area contributed by atoms with E-state index < -0.39 is 13.4 Å². The fourth-order valence-electron chi connectivity index (χ4n) is 4.25. The van der Waals surface area contributed by atoms with Crippen molar-refractivity contribution in [1.29, 1.82) is 0 Å². The summed E-state index contributed by atoms with van der Waals surface area (Å²) in [6.45, 7) is 2.16. The maximum absolute atomic E-state index is 11.0. The first-order valence-corrected chi connectivity index (χ1v) is 12.4. The molecule has 0 unspecified atom stereocenters. The van der Waals surface area contributed by atoms with Gasteiger partial charge in [0.25, 0.3) is 0 Å². The average Bonchev–Trinajstić information content (AvgIpc) is 3.05. The highest BCUT2D eigenvalue weighted by Gasteiger charge is 2.38. The number of phosphoric acid groups is 1. The van der Waals surface area contributed by atoms with Crippen molar-refractivity contribution in [3.63, 3.8) is 0 Å². The third kappa shape index (κ3) is 10.2. The maximum atomic E-state index is 11.0. The van der Waals surface area contributed by atoms with Crippen LogP contribution in [0.1, 0.15) is 102 Å². The summed E-state index contributed by atoms with van der Waals surface area (Å²) >= 11 is 0. The molecule has 6 heteroatoms. The first-order valence-electron chi connectivity index (χ1n) is 10.9. The Kier molecular flexibility index (Phi) is 11.7. The van der Waals surface area contributed by atoms with Gasteiger partial charge in [0.15, 0.2) is 0 Å². The number of benzene rings is 1. The van der Waals surface area contributed by atoms with E-state index in [2.05, 4.69) is 35.7 Å². The molecule has 29 heavy (non-hydrogen) atoms. The van der Waals surface area contributed by atoms with Crippen molar-refractivity contribution in [1.82, 2.24) is 0 Å². The van der Waals surface area contributed by atoms with Crippen LogP contribution in [0.5, 0.6) is 0 Å². The topological polar surface area (TPSA) is 92.8 Å². The Morgan fingerprint density at radius 2 is 1.79 bits per heavy atom. The van der Waals surface area contributed by atoms with Crippen molar-refractivity contribution >= 4 is 7.82 Å². The van der Waals surface area contributed by atoms with Crippen LogP contribution >= 0.6 is 7.82 Å². The van der Waals surface area contributed by atoms with Crippen molar-refractivity contribution in [2.75, 3.05) is 6.61 Å². The number of aryl methyl sites for hydroxylation is 1. The molecule has 0 bridgehead atoms. The predicted octanol–water partition coefficient (Wildman–Crippen LogP) is 6.08. The molecule has 0 radical (unpaired) electrons. The van der Waals surface area contributed by atoms with Gasteiger partial charge in [-0.05, 0) is 49.1 Å². The maximum Gasteiger partial charge on any atom is 0.469 e. The highest BCUT2D eigenvalue weighted by Crippen LogP contribution is 2.43. The zero-order valence-corrected chi connectivity index (χ0v) is 18.2. The highest BCUT2D eigenvalue weighted by atomic mass is 31.2. The number of phosphoric ester groups is 1. The van der Waals surface area contributed by atoms with Gasteiger partial charge < -0.3 is 15.5 Å². The summed E-state index contributed by atoms with van der Waals surface area (Å²) in [7, 11) is -4.47. The molecule has 0 heterocycles. The molecule has 1 aliphatic carbocycles. The molecule has 2 atom stereocenters. The molecule has 0 spiro atoms. The fourth-order valence-corrected chi connectivity index (χ4v) is 4.68. The van der Waals surface area contributed by atoms with Crippen molar-refractivity contribution in [2.45, 2.75) is 103 Å². The molecule has 1 fully saturated rings. The van der Waals surface area contributed by atoms with E-state index in [1.807, 2.05) is 0 Å². The molecule has 0 aromatic heterocycles. The normalized spacial score (nSPS) is 21.9. The third-order valence-corrected chi connectivity index (χ3v) is 6.37. The summed E-state index contributed by atoms with van der Waals surface area (Å²) in [6, 6.07) is 8.77. The molecule has 1 saturated carbocycles. The van der Waals surface area contributed by atoms with Crippen LogP contribution in [0.3, 0.4) is 0 Å². The molecule has 4 N–H and O–H groups in total. The lowest BCUT2D eigenvalue weighted by molar-refractivity contribution is 0.153. The second-order valence-corrected chi connectivity index (χ2v) is 9.78. The van der Waals surface area contributed by atoms with Gasteiger partial charge in [0.2, 0.25) is 0 Å². The van der Waals surface area contributed by atoms with E-state index in [0.717, 1.165) is 19.3 Å². The van der Waals surface area contributed by atoms with Gasteiger partial charge in [0.05, 0.1) is 6.61 Å². The van der Waals surface area contributed by atoms with E-state index in [1.54, 1.807) is 0 Å². The largest absolute Gasteiger partial charge is 0.469 e. The number of unbranched alkanes of at least 4 members (excludes halogenated alkanes) is 7. The van der Waals surface area contributed by atoms with Gasteiger partial charge in [-0.1, -0.05) is 83.6 Å². The minimum atomic E-state index is -4.47. The minimum absolute atomic E-state index is 0. The Bertz CT molecular complexity index is 633. The van der Waals surface area contributed by atoms with E-state index in [1.165, 1.54) is 62.5 Å². The molecule has 2 rings (SSSR count). The molecule has 168 valence electrons. The van der Waals surface area contributed by atoms with Gasteiger partial charge in [0, 0.05) is 5.54 Å². The van der Waals surface area contributed by atoms with Gasteiger partial charge in [-0.2, -0.15) is 0 Å². The Morgan fingerprint density at radius 1 is 1.14 bits per heavy atom. The van der Waals surface area contributed by atoms with Gasteiger partial charge >= 0.3 is 7.82 Å². The van der Waals surface area contributed by atoms with E-state index in [0.29, 0.717) is 12.3 Å². The minimum Gasteiger partial charge on any atom is -0.323 e. The number of nitrogens with two attached hydrogens (primary N) is 1. The molecule has 5 nitrogen and oxygen atoms in total. The predicted molar refractivity (Wildman–Crippen MR) is 121 cm³/mol. The van der Waals surface area contributed by atoms with Crippen LogP contribution in [0.2, 0.25) is 0 Å². The highest BCUT2D eigenvalue weighted by molar-refractivity contribution is 7.46. The molecular formula is C23H42NO4P. The second-order valence-electron chi connectivity index (χ2n) is 8.54. The lowest BCUT2D eigenvalue weighted by atomic mass is 9.92. The molecular weight excluding hydrogens is 385 g/mol. The molecule has 1 aliphatic rings. The van der Waals surface area contributed by atoms with Crippen LogP contribution in [0.4, 0.5) is 0 Å². The van der Waals surface area contributed by atoms with Crippen LogP contribution in [0, 0.1) is 0 Å². The Morgan fingerprint density at radius 3 is 2.45 bits per heavy atom. The summed E-state index contributed by atoms with van der Waals surface area (Å²) in [5.74, 6) is 0.337.